The van der Waals surface area contributed by atoms with E-state index < -0.39 is 0 Å². The molecule has 0 aliphatic carbocycles. The number of nitrogens with zero attached hydrogens (tertiary/aromatic N) is 1. The molecule has 0 spiro atoms. The van der Waals surface area contributed by atoms with Crippen LogP contribution in [0.25, 0.3) is 0 Å². The molecule has 2 aromatic carbocycles. The van der Waals surface area contributed by atoms with E-state index in [-0.39, 0.29) is 6.04 Å². The minimum Gasteiger partial charge on any atom is -0.368 e. The van der Waals surface area contributed by atoms with Crippen LogP contribution in [0.5, 0.6) is 0 Å². The maximum Gasteiger partial charge on any atom is 0.0523 e. The molecule has 1 unspecified atom stereocenters. The van der Waals surface area contributed by atoms with Crippen LogP contribution in [-0.4, -0.2) is 7.05 Å². The molecule has 2 aromatic rings. The Kier molecular flexibility index (Phi) is 3.69. The predicted octanol–water partition coefficient (Wildman–Crippen LogP) is 3.87. The fourth-order valence-electron chi connectivity index (χ4n) is 2.09. The van der Waals surface area contributed by atoms with Crippen LogP contribution in [0.2, 0.25) is 0 Å². The van der Waals surface area contributed by atoms with Crippen LogP contribution in [0.1, 0.15) is 24.1 Å². The Morgan fingerprint density at radius 3 is 2.28 bits per heavy atom. The van der Waals surface area contributed by atoms with Crippen LogP contribution < -0.4 is 4.90 Å². The molecule has 0 radical (unpaired) electrons. The van der Waals surface area contributed by atoms with Crippen molar-refractivity contribution in [2.75, 3.05) is 11.9 Å². The normalized spacial score (nSPS) is 11.6. The van der Waals surface area contributed by atoms with Gasteiger partial charge in [-0.3, -0.25) is 0 Å². The van der Waals surface area contributed by atoms with E-state index in [4.69, 9.17) is 6.42 Å². The lowest BCUT2D eigenvalue weighted by Crippen LogP contribution is -2.22. The van der Waals surface area contributed by atoms with E-state index in [0.717, 1.165) is 5.56 Å². The summed E-state index contributed by atoms with van der Waals surface area (Å²) in [7, 11) is 2.09. The van der Waals surface area contributed by atoms with E-state index in [0.29, 0.717) is 0 Å². The van der Waals surface area contributed by atoms with Gasteiger partial charge < -0.3 is 4.90 Å². The van der Waals surface area contributed by atoms with Gasteiger partial charge in [-0.2, -0.15) is 0 Å². The summed E-state index contributed by atoms with van der Waals surface area (Å²) in [6.07, 6.45) is 5.56. The molecule has 0 saturated heterocycles. The van der Waals surface area contributed by atoms with Crippen molar-refractivity contribution in [3.63, 3.8) is 0 Å². The molecule has 0 N–H and O–H groups in total. The standard InChI is InChI=1S/C17H17N/c1-4-15-10-8-9-13-17(15)14(2)18(3)16-11-6-5-7-12-16/h1,5-14H,2-3H3. The van der Waals surface area contributed by atoms with E-state index >= 15 is 0 Å². The van der Waals surface area contributed by atoms with Crippen molar-refractivity contribution in [2.45, 2.75) is 13.0 Å². The summed E-state index contributed by atoms with van der Waals surface area (Å²) < 4.78 is 0. The smallest absolute Gasteiger partial charge is 0.0523 e. The average molecular weight is 235 g/mol. The van der Waals surface area contributed by atoms with Gasteiger partial charge in [0, 0.05) is 18.3 Å². The predicted molar refractivity (Wildman–Crippen MR) is 77.6 cm³/mol. The van der Waals surface area contributed by atoms with Gasteiger partial charge in [0.25, 0.3) is 0 Å². The van der Waals surface area contributed by atoms with Gasteiger partial charge in [0.05, 0.1) is 6.04 Å². The highest BCUT2D eigenvalue weighted by molar-refractivity contribution is 5.50. The number of hydrogen-bond acceptors (Lipinski definition) is 1. The van der Waals surface area contributed by atoms with Gasteiger partial charge in [-0.25, -0.2) is 0 Å². The van der Waals surface area contributed by atoms with Gasteiger partial charge in [-0.15, -0.1) is 6.42 Å². The second-order valence-electron chi connectivity index (χ2n) is 4.35. The van der Waals surface area contributed by atoms with E-state index in [1.807, 2.05) is 36.4 Å². The van der Waals surface area contributed by atoms with Crippen molar-refractivity contribution in [1.29, 1.82) is 0 Å². The molecule has 2 rings (SSSR count). The van der Waals surface area contributed by atoms with Crippen molar-refractivity contribution in [3.05, 3.63) is 65.7 Å². The lowest BCUT2D eigenvalue weighted by Gasteiger charge is -2.28. The quantitative estimate of drug-likeness (QED) is 0.730. The van der Waals surface area contributed by atoms with Crippen LogP contribution in [0, 0.1) is 12.3 Å². The molecule has 1 atom stereocenters. The summed E-state index contributed by atoms with van der Waals surface area (Å²) in [6, 6.07) is 18.7. The lowest BCUT2D eigenvalue weighted by molar-refractivity contribution is 0.738. The number of anilines is 1. The highest BCUT2D eigenvalue weighted by atomic mass is 15.1. The first-order valence-corrected chi connectivity index (χ1v) is 6.07. The van der Waals surface area contributed by atoms with Crippen molar-refractivity contribution >= 4 is 5.69 Å². The summed E-state index contributed by atoms with van der Waals surface area (Å²) in [5.74, 6) is 2.76. The highest BCUT2D eigenvalue weighted by Gasteiger charge is 2.14. The fraction of sp³-hybridized carbons (Fsp3) is 0.176. The minimum absolute atomic E-state index is 0.250. The number of hydrogen-bond donors (Lipinski definition) is 0. The van der Waals surface area contributed by atoms with Gasteiger partial charge in [-0.05, 0) is 30.7 Å². The fourth-order valence-corrected chi connectivity index (χ4v) is 2.09. The molecule has 0 amide bonds. The first-order chi connectivity index (χ1) is 8.74. The van der Waals surface area contributed by atoms with Gasteiger partial charge in [0.1, 0.15) is 0 Å². The number of terminal acetylenes is 1. The monoisotopic (exact) mass is 235 g/mol. The third-order valence-corrected chi connectivity index (χ3v) is 3.31. The van der Waals surface area contributed by atoms with Crippen molar-refractivity contribution in [2.24, 2.45) is 0 Å². The van der Waals surface area contributed by atoms with E-state index in [2.05, 4.69) is 43.0 Å². The summed E-state index contributed by atoms with van der Waals surface area (Å²) in [6.45, 7) is 2.17. The van der Waals surface area contributed by atoms with Gasteiger partial charge >= 0.3 is 0 Å². The molecule has 90 valence electrons. The first kappa shape index (κ1) is 12.3. The summed E-state index contributed by atoms with van der Waals surface area (Å²) in [4.78, 5) is 2.23. The Morgan fingerprint density at radius 2 is 1.61 bits per heavy atom. The second kappa shape index (κ2) is 5.42. The van der Waals surface area contributed by atoms with Crippen LogP contribution in [0.4, 0.5) is 5.69 Å². The number of rotatable bonds is 3. The van der Waals surface area contributed by atoms with Crippen molar-refractivity contribution in [1.82, 2.24) is 0 Å². The van der Waals surface area contributed by atoms with Crippen LogP contribution in [0.15, 0.2) is 54.6 Å². The molecule has 0 bridgehead atoms. The number of benzene rings is 2. The molecule has 1 nitrogen and oxygen atoms in total. The van der Waals surface area contributed by atoms with Gasteiger partial charge in [0.2, 0.25) is 0 Å². The third-order valence-electron chi connectivity index (χ3n) is 3.31. The Morgan fingerprint density at radius 1 is 1.00 bits per heavy atom. The largest absolute Gasteiger partial charge is 0.368 e. The van der Waals surface area contributed by atoms with E-state index in [1.165, 1.54) is 11.3 Å². The topological polar surface area (TPSA) is 3.24 Å². The van der Waals surface area contributed by atoms with Crippen molar-refractivity contribution in [3.8, 4) is 12.3 Å². The molecular weight excluding hydrogens is 218 g/mol. The molecule has 0 aliphatic rings. The lowest BCUT2D eigenvalue weighted by atomic mass is 10.0. The second-order valence-corrected chi connectivity index (χ2v) is 4.35. The van der Waals surface area contributed by atoms with Crippen LogP contribution in [-0.2, 0) is 0 Å². The van der Waals surface area contributed by atoms with Gasteiger partial charge in [-0.1, -0.05) is 42.3 Å². The molecule has 1 heteroatoms. The van der Waals surface area contributed by atoms with Crippen molar-refractivity contribution < 1.29 is 0 Å². The highest BCUT2D eigenvalue weighted by Crippen LogP contribution is 2.26. The molecular formula is C17H17N. The van der Waals surface area contributed by atoms with Gasteiger partial charge in [0.15, 0.2) is 0 Å². The molecule has 0 saturated carbocycles. The van der Waals surface area contributed by atoms with E-state index in [9.17, 15) is 0 Å². The maximum absolute atomic E-state index is 5.56. The summed E-state index contributed by atoms with van der Waals surface area (Å²) in [5, 5.41) is 0. The zero-order chi connectivity index (χ0) is 13.0. The molecule has 0 aromatic heterocycles. The third kappa shape index (κ3) is 2.38. The Bertz CT molecular complexity index is 551. The Hall–Kier alpha value is -2.20. The van der Waals surface area contributed by atoms with Crippen LogP contribution >= 0.6 is 0 Å². The Balaban J connectivity index is 2.32. The number of para-hydroxylation sites is 1. The average Bonchev–Trinajstić information content (AvgIpc) is 2.46. The molecule has 0 aliphatic heterocycles. The summed E-state index contributed by atoms with van der Waals surface area (Å²) in [5.41, 5.74) is 3.34. The maximum atomic E-state index is 5.56. The molecule has 0 heterocycles. The summed E-state index contributed by atoms with van der Waals surface area (Å²) >= 11 is 0. The minimum atomic E-state index is 0.250. The molecule has 18 heavy (non-hydrogen) atoms. The van der Waals surface area contributed by atoms with Crippen LogP contribution in [0.3, 0.4) is 0 Å². The zero-order valence-corrected chi connectivity index (χ0v) is 10.8. The SMILES string of the molecule is C#Cc1ccccc1C(C)N(C)c1ccccc1. The first-order valence-electron chi connectivity index (χ1n) is 6.07. The molecule has 0 fully saturated rings. The Labute approximate surface area is 109 Å². The zero-order valence-electron chi connectivity index (χ0n) is 10.8. The van der Waals surface area contributed by atoms with E-state index in [1.54, 1.807) is 0 Å².